The zero-order valence-electron chi connectivity index (χ0n) is 8.37. The van der Waals surface area contributed by atoms with Crippen molar-refractivity contribution in [2.24, 2.45) is 7.05 Å². The SMILES string of the molecule is CCCNCC(O)c1c(Br)nnn1C. The number of rotatable bonds is 5. The van der Waals surface area contributed by atoms with Gasteiger partial charge >= 0.3 is 0 Å². The average Bonchev–Trinajstić information content (AvgIpc) is 2.46. The largest absolute Gasteiger partial charge is 0.385 e. The highest BCUT2D eigenvalue weighted by Gasteiger charge is 2.16. The molecule has 0 saturated carbocycles. The summed E-state index contributed by atoms with van der Waals surface area (Å²) in [4.78, 5) is 0. The Kier molecular flexibility index (Phi) is 4.50. The molecule has 0 amide bonds. The first kappa shape index (κ1) is 11.6. The number of aromatic nitrogens is 3. The maximum absolute atomic E-state index is 9.80. The third-order valence-electron chi connectivity index (χ3n) is 1.91. The van der Waals surface area contributed by atoms with E-state index in [1.807, 2.05) is 0 Å². The topological polar surface area (TPSA) is 63.0 Å². The molecule has 0 aliphatic carbocycles. The third kappa shape index (κ3) is 2.76. The number of aliphatic hydroxyl groups excluding tert-OH is 1. The smallest absolute Gasteiger partial charge is 0.154 e. The van der Waals surface area contributed by atoms with Gasteiger partial charge in [-0.1, -0.05) is 12.1 Å². The van der Waals surface area contributed by atoms with E-state index in [9.17, 15) is 5.11 Å². The van der Waals surface area contributed by atoms with E-state index in [0.717, 1.165) is 13.0 Å². The molecule has 0 aliphatic heterocycles. The summed E-state index contributed by atoms with van der Waals surface area (Å²) in [5.74, 6) is 0. The fraction of sp³-hybridized carbons (Fsp3) is 0.750. The van der Waals surface area contributed by atoms with Crippen LogP contribution in [0.4, 0.5) is 0 Å². The van der Waals surface area contributed by atoms with Gasteiger partial charge in [-0.25, -0.2) is 4.68 Å². The summed E-state index contributed by atoms with van der Waals surface area (Å²) in [6.45, 7) is 3.51. The minimum absolute atomic E-state index is 0.521. The van der Waals surface area contributed by atoms with Gasteiger partial charge in [-0.05, 0) is 28.9 Å². The molecule has 1 atom stereocenters. The Morgan fingerprint density at radius 3 is 2.86 bits per heavy atom. The lowest BCUT2D eigenvalue weighted by atomic mass is 10.2. The molecule has 1 heterocycles. The van der Waals surface area contributed by atoms with Gasteiger partial charge in [0.1, 0.15) is 11.8 Å². The minimum atomic E-state index is -0.573. The number of hydrogen-bond donors (Lipinski definition) is 2. The number of hydrogen-bond acceptors (Lipinski definition) is 4. The molecule has 80 valence electrons. The molecule has 0 radical (unpaired) electrons. The normalized spacial score (nSPS) is 13.1. The van der Waals surface area contributed by atoms with E-state index in [2.05, 4.69) is 38.5 Å². The maximum atomic E-state index is 9.80. The highest BCUT2D eigenvalue weighted by Crippen LogP contribution is 2.19. The van der Waals surface area contributed by atoms with Crippen LogP contribution < -0.4 is 5.32 Å². The molecule has 0 aromatic carbocycles. The van der Waals surface area contributed by atoms with Crippen molar-refractivity contribution in [3.63, 3.8) is 0 Å². The van der Waals surface area contributed by atoms with Gasteiger partial charge < -0.3 is 10.4 Å². The van der Waals surface area contributed by atoms with E-state index < -0.39 is 6.10 Å². The predicted molar refractivity (Wildman–Crippen MR) is 56.8 cm³/mol. The van der Waals surface area contributed by atoms with Gasteiger partial charge in [-0.15, -0.1) is 5.10 Å². The van der Waals surface area contributed by atoms with Crippen molar-refractivity contribution < 1.29 is 5.11 Å². The standard InChI is InChI=1S/C8H15BrN4O/c1-3-4-10-5-6(14)7-8(9)11-12-13(7)2/h6,10,14H,3-5H2,1-2H3. The minimum Gasteiger partial charge on any atom is -0.385 e. The quantitative estimate of drug-likeness (QED) is 0.764. The molecular weight excluding hydrogens is 248 g/mol. The number of nitrogens with one attached hydrogen (secondary N) is 1. The Labute approximate surface area is 91.6 Å². The molecule has 6 heteroatoms. The van der Waals surface area contributed by atoms with Crippen LogP contribution in [0.3, 0.4) is 0 Å². The number of aryl methyl sites for hydroxylation is 1. The van der Waals surface area contributed by atoms with Crippen molar-refractivity contribution in [3.8, 4) is 0 Å². The average molecular weight is 263 g/mol. The summed E-state index contributed by atoms with van der Waals surface area (Å²) < 4.78 is 2.17. The highest BCUT2D eigenvalue weighted by molar-refractivity contribution is 9.10. The van der Waals surface area contributed by atoms with Crippen LogP contribution in [0.2, 0.25) is 0 Å². The van der Waals surface area contributed by atoms with Crippen LogP contribution in [0.5, 0.6) is 0 Å². The van der Waals surface area contributed by atoms with Gasteiger partial charge in [0.05, 0.1) is 0 Å². The van der Waals surface area contributed by atoms with Crippen molar-refractivity contribution >= 4 is 15.9 Å². The number of nitrogens with zero attached hydrogens (tertiary/aromatic N) is 3. The van der Waals surface area contributed by atoms with E-state index in [4.69, 9.17) is 0 Å². The van der Waals surface area contributed by atoms with E-state index in [1.54, 1.807) is 11.7 Å². The lowest BCUT2D eigenvalue weighted by Gasteiger charge is -2.11. The molecule has 1 rings (SSSR count). The first-order valence-electron chi connectivity index (χ1n) is 4.60. The van der Waals surface area contributed by atoms with Gasteiger partial charge in [-0.2, -0.15) is 0 Å². The van der Waals surface area contributed by atoms with E-state index in [-0.39, 0.29) is 0 Å². The summed E-state index contributed by atoms with van der Waals surface area (Å²) >= 11 is 3.24. The molecule has 5 nitrogen and oxygen atoms in total. The summed E-state index contributed by atoms with van der Waals surface area (Å²) in [7, 11) is 1.76. The number of aliphatic hydroxyl groups is 1. The van der Waals surface area contributed by atoms with Gasteiger partial charge in [0.25, 0.3) is 0 Å². The summed E-state index contributed by atoms with van der Waals surface area (Å²) in [6, 6.07) is 0. The second-order valence-electron chi connectivity index (χ2n) is 3.11. The van der Waals surface area contributed by atoms with Gasteiger partial charge in [0, 0.05) is 13.6 Å². The molecule has 1 unspecified atom stereocenters. The van der Waals surface area contributed by atoms with Crippen LogP contribution in [0.1, 0.15) is 25.1 Å². The summed E-state index contributed by atoms with van der Waals surface area (Å²) in [6.07, 6.45) is 0.480. The van der Waals surface area contributed by atoms with Gasteiger partial charge in [-0.3, -0.25) is 0 Å². The van der Waals surface area contributed by atoms with Crippen molar-refractivity contribution in [1.29, 1.82) is 0 Å². The van der Waals surface area contributed by atoms with Gasteiger partial charge in [0.15, 0.2) is 4.60 Å². The second kappa shape index (κ2) is 5.43. The van der Waals surface area contributed by atoms with Crippen LogP contribution in [-0.4, -0.2) is 33.2 Å². The molecular formula is C8H15BrN4O. The van der Waals surface area contributed by atoms with Crippen LogP contribution in [0.25, 0.3) is 0 Å². The first-order chi connectivity index (χ1) is 6.66. The van der Waals surface area contributed by atoms with E-state index >= 15 is 0 Å². The van der Waals surface area contributed by atoms with Crippen LogP contribution in [-0.2, 0) is 7.05 Å². The molecule has 2 N–H and O–H groups in total. The molecule has 1 aromatic rings. The zero-order valence-corrected chi connectivity index (χ0v) is 9.95. The fourth-order valence-corrected chi connectivity index (χ4v) is 1.80. The summed E-state index contributed by atoms with van der Waals surface area (Å²) in [5.41, 5.74) is 0.702. The van der Waals surface area contributed by atoms with Crippen molar-refractivity contribution in [1.82, 2.24) is 20.3 Å². The molecule has 0 saturated heterocycles. The highest BCUT2D eigenvalue weighted by atomic mass is 79.9. The molecule has 14 heavy (non-hydrogen) atoms. The molecule has 1 aromatic heterocycles. The van der Waals surface area contributed by atoms with Crippen LogP contribution >= 0.6 is 15.9 Å². The van der Waals surface area contributed by atoms with Gasteiger partial charge in [0.2, 0.25) is 0 Å². The third-order valence-corrected chi connectivity index (χ3v) is 2.47. The van der Waals surface area contributed by atoms with Crippen LogP contribution in [0, 0.1) is 0 Å². The number of halogens is 1. The van der Waals surface area contributed by atoms with Crippen molar-refractivity contribution in [2.75, 3.05) is 13.1 Å². The fourth-order valence-electron chi connectivity index (χ4n) is 1.20. The Bertz CT molecular complexity index is 269. The monoisotopic (exact) mass is 262 g/mol. The Morgan fingerprint density at radius 1 is 1.64 bits per heavy atom. The van der Waals surface area contributed by atoms with E-state index in [0.29, 0.717) is 16.8 Å². The van der Waals surface area contributed by atoms with Crippen molar-refractivity contribution in [3.05, 3.63) is 10.3 Å². The molecule has 0 bridgehead atoms. The molecule has 0 spiro atoms. The van der Waals surface area contributed by atoms with Crippen molar-refractivity contribution in [2.45, 2.75) is 19.4 Å². The maximum Gasteiger partial charge on any atom is 0.154 e. The van der Waals surface area contributed by atoms with Crippen LogP contribution in [0.15, 0.2) is 4.60 Å². The summed E-state index contributed by atoms with van der Waals surface area (Å²) in [5, 5.41) is 20.5. The lowest BCUT2D eigenvalue weighted by molar-refractivity contribution is 0.164. The first-order valence-corrected chi connectivity index (χ1v) is 5.40. The van der Waals surface area contributed by atoms with E-state index in [1.165, 1.54) is 0 Å². The zero-order chi connectivity index (χ0) is 10.6. The Balaban J connectivity index is 2.55. The molecule has 0 fully saturated rings. The predicted octanol–water partition coefficient (Wildman–Crippen LogP) is 0.611. The molecule has 0 aliphatic rings. The lowest BCUT2D eigenvalue weighted by Crippen LogP contribution is -2.23. The Hall–Kier alpha value is -0.460. The Morgan fingerprint density at radius 2 is 2.36 bits per heavy atom. The second-order valence-corrected chi connectivity index (χ2v) is 3.86.